The van der Waals surface area contributed by atoms with Gasteiger partial charge in [-0.15, -0.1) is 0 Å². The Labute approximate surface area is 455 Å². The van der Waals surface area contributed by atoms with Gasteiger partial charge < -0.3 is 14.2 Å². The molecule has 0 spiro atoms. The lowest BCUT2D eigenvalue weighted by molar-refractivity contribution is -0.167. The Morgan fingerprint density at radius 1 is 0.274 bits per heavy atom. The van der Waals surface area contributed by atoms with Gasteiger partial charge in [0.15, 0.2) is 6.10 Å². The van der Waals surface area contributed by atoms with Crippen molar-refractivity contribution in [1.82, 2.24) is 0 Å². The minimum absolute atomic E-state index is 0.0711. The van der Waals surface area contributed by atoms with Gasteiger partial charge in [-0.3, -0.25) is 14.4 Å². The van der Waals surface area contributed by atoms with E-state index in [1.54, 1.807) is 0 Å². The molecule has 6 heteroatoms. The van der Waals surface area contributed by atoms with Crippen LogP contribution in [0.4, 0.5) is 0 Å². The van der Waals surface area contributed by atoms with Gasteiger partial charge in [0.05, 0.1) is 0 Å². The van der Waals surface area contributed by atoms with Crippen molar-refractivity contribution in [2.45, 2.75) is 374 Å². The maximum Gasteiger partial charge on any atom is 0.306 e. The molecular formula is C67H126O6. The van der Waals surface area contributed by atoms with E-state index < -0.39 is 6.10 Å². The molecule has 0 aliphatic heterocycles. The number of rotatable bonds is 61. The van der Waals surface area contributed by atoms with Crippen LogP contribution in [0.1, 0.15) is 367 Å². The molecular weight excluding hydrogens is 901 g/mol. The predicted octanol–water partition coefficient (Wildman–Crippen LogP) is 22.2. The molecule has 1 unspecified atom stereocenters. The van der Waals surface area contributed by atoms with E-state index in [2.05, 4.69) is 45.1 Å². The first-order chi connectivity index (χ1) is 36.0. The molecule has 0 saturated carbocycles. The van der Waals surface area contributed by atoms with Gasteiger partial charge in [0.1, 0.15) is 13.2 Å². The van der Waals surface area contributed by atoms with Gasteiger partial charge in [0.25, 0.3) is 0 Å². The summed E-state index contributed by atoms with van der Waals surface area (Å²) in [6.45, 7) is 6.68. The molecule has 0 heterocycles. The van der Waals surface area contributed by atoms with E-state index in [9.17, 15) is 14.4 Å². The predicted molar refractivity (Wildman–Crippen MR) is 316 cm³/mol. The summed E-state index contributed by atoms with van der Waals surface area (Å²) in [5, 5.41) is 0. The molecule has 0 aromatic rings. The SMILES string of the molecule is CCCCCC/C=C\C/C=C\CCCCCCCC(=O)OC(COC(=O)CCCCCCCCCCCCCCC)COC(=O)CCCCCCCCCCCCCCCCCCCCCCCCCCCC. The van der Waals surface area contributed by atoms with Gasteiger partial charge in [-0.2, -0.15) is 0 Å². The molecule has 0 radical (unpaired) electrons. The Morgan fingerprint density at radius 2 is 0.493 bits per heavy atom. The van der Waals surface area contributed by atoms with Crippen molar-refractivity contribution >= 4 is 17.9 Å². The second-order valence-corrected chi connectivity index (χ2v) is 22.4. The lowest BCUT2D eigenvalue weighted by atomic mass is 10.0. The fourth-order valence-corrected chi connectivity index (χ4v) is 10.0. The molecule has 0 rings (SSSR count). The molecule has 0 aromatic heterocycles. The third kappa shape index (κ3) is 60.6. The second kappa shape index (κ2) is 62.4. The molecule has 0 aromatic carbocycles. The van der Waals surface area contributed by atoms with Crippen LogP contribution in [0.3, 0.4) is 0 Å². The highest BCUT2D eigenvalue weighted by Crippen LogP contribution is 2.18. The molecule has 0 aliphatic rings. The number of allylic oxidation sites excluding steroid dienone is 4. The largest absolute Gasteiger partial charge is 0.462 e. The van der Waals surface area contributed by atoms with Crippen molar-refractivity contribution < 1.29 is 28.6 Å². The highest BCUT2D eigenvalue weighted by Gasteiger charge is 2.19. The topological polar surface area (TPSA) is 78.9 Å². The Hall–Kier alpha value is -2.11. The van der Waals surface area contributed by atoms with E-state index in [1.807, 2.05) is 0 Å². The average Bonchev–Trinajstić information content (AvgIpc) is 3.39. The van der Waals surface area contributed by atoms with Crippen LogP contribution in [-0.4, -0.2) is 37.2 Å². The van der Waals surface area contributed by atoms with Crippen LogP contribution in [0.2, 0.25) is 0 Å². The third-order valence-electron chi connectivity index (χ3n) is 15.0. The summed E-state index contributed by atoms with van der Waals surface area (Å²) in [7, 11) is 0. The summed E-state index contributed by atoms with van der Waals surface area (Å²) in [4.78, 5) is 38.3. The molecule has 0 N–H and O–H groups in total. The van der Waals surface area contributed by atoms with Crippen LogP contribution in [0.25, 0.3) is 0 Å². The van der Waals surface area contributed by atoms with E-state index in [1.165, 1.54) is 250 Å². The molecule has 0 fully saturated rings. The standard InChI is InChI=1S/C67H126O6/c1-4-7-10-13-16-19-22-25-27-29-30-31-32-33-34-35-36-37-38-40-42-45-48-51-54-57-60-66(69)72-63-64(62-71-65(68)59-56-53-50-47-44-41-24-21-18-15-12-9-6-3)73-67(70)61-58-55-52-49-46-43-39-28-26-23-20-17-14-11-8-5-2/h20,23,28,39,64H,4-19,21-22,24-27,29-38,40-63H2,1-3H3/b23-20-,39-28-. The van der Waals surface area contributed by atoms with E-state index in [-0.39, 0.29) is 31.1 Å². The highest BCUT2D eigenvalue weighted by molar-refractivity contribution is 5.71. The zero-order valence-electron chi connectivity index (χ0n) is 49.4. The summed E-state index contributed by atoms with van der Waals surface area (Å²) in [6.07, 6.45) is 74.8. The molecule has 430 valence electrons. The first-order valence-electron chi connectivity index (χ1n) is 32.8. The molecule has 6 nitrogen and oxygen atoms in total. The highest BCUT2D eigenvalue weighted by atomic mass is 16.6. The third-order valence-corrected chi connectivity index (χ3v) is 15.0. The van der Waals surface area contributed by atoms with Gasteiger partial charge in [-0.05, 0) is 51.4 Å². The molecule has 1 atom stereocenters. The van der Waals surface area contributed by atoms with Crippen LogP contribution in [-0.2, 0) is 28.6 Å². The Kier molecular flexibility index (Phi) is 60.6. The number of hydrogen-bond acceptors (Lipinski definition) is 6. The minimum Gasteiger partial charge on any atom is -0.462 e. The summed E-state index contributed by atoms with van der Waals surface area (Å²) in [6, 6.07) is 0. The van der Waals surface area contributed by atoms with Crippen LogP contribution >= 0.6 is 0 Å². The molecule has 73 heavy (non-hydrogen) atoms. The summed E-state index contributed by atoms with van der Waals surface area (Å²) in [5.74, 6) is -0.858. The zero-order chi connectivity index (χ0) is 52.9. The number of hydrogen-bond donors (Lipinski definition) is 0. The van der Waals surface area contributed by atoms with E-state index in [0.29, 0.717) is 19.3 Å². The van der Waals surface area contributed by atoms with Crippen LogP contribution in [0.5, 0.6) is 0 Å². The number of ether oxygens (including phenoxy) is 3. The van der Waals surface area contributed by atoms with Crippen molar-refractivity contribution in [2.24, 2.45) is 0 Å². The number of carbonyl (C=O) groups is 3. The molecule has 0 saturated heterocycles. The average molecular weight is 1030 g/mol. The van der Waals surface area contributed by atoms with Crippen molar-refractivity contribution in [3.8, 4) is 0 Å². The summed E-state index contributed by atoms with van der Waals surface area (Å²) < 4.78 is 16.9. The smallest absolute Gasteiger partial charge is 0.306 e. The number of esters is 3. The summed E-state index contributed by atoms with van der Waals surface area (Å²) in [5.41, 5.74) is 0. The van der Waals surface area contributed by atoms with E-state index in [4.69, 9.17) is 14.2 Å². The monoisotopic (exact) mass is 1030 g/mol. The Morgan fingerprint density at radius 3 is 0.767 bits per heavy atom. The fraction of sp³-hybridized carbons (Fsp3) is 0.896. The first kappa shape index (κ1) is 70.9. The maximum absolute atomic E-state index is 12.9. The van der Waals surface area contributed by atoms with Crippen molar-refractivity contribution in [1.29, 1.82) is 0 Å². The normalized spacial score (nSPS) is 12.1. The fourth-order valence-electron chi connectivity index (χ4n) is 10.0. The van der Waals surface area contributed by atoms with Gasteiger partial charge in [-0.25, -0.2) is 0 Å². The van der Waals surface area contributed by atoms with Crippen molar-refractivity contribution in [2.75, 3.05) is 13.2 Å². The van der Waals surface area contributed by atoms with Gasteiger partial charge in [0.2, 0.25) is 0 Å². The lowest BCUT2D eigenvalue weighted by Crippen LogP contribution is -2.30. The second-order valence-electron chi connectivity index (χ2n) is 22.4. The lowest BCUT2D eigenvalue weighted by Gasteiger charge is -2.18. The van der Waals surface area contributed by atoms with E-state index >= 15 is 0 Å². The molecule has 0 bridgehead atoms. The van der Waals surface area contributed by atoms with Gasteiger partial charge in [-0.1, -0.05) is 321 Å². The molecule has 0 aliphatic carbocycles. The summed E-state index contributed by atoms with van der Waals surface area (Å²) >= 11 is 0. The first-order valence-corrected chi connectivity index (χ1v) is 32.8. The van der Waals surface area contributed by atoms with Crippen LogP contribution in [0, 0.1) is 0 Å². The quantitative estimate of drug-likeness (QED) is 0.0261. The van der Waals surface area contributed by atoms with Gasteiger partial charge in [0, 0.05) is 19.3 Å². The number of carbonyl (C=O) groups excluding carboxylic acids is 3. The van der Waals surface area contributed by atoms with Crippen LogP contribution in [0.15, 0.2) is 24.3 Å². The molecule has 0 amide bonds. The zero-order valence-corrected chi connectivity index (χ0v) is 49.4. The van der Waals surface area contributed by atoms with Crippen molar-refractivity contribution in [3.05, 3.63) is 24.3 Å². The van der Waals surface area contributed by atoms with E-state index in [0.717, 1.165) is 77.0 Å². The van der Waals surface area contributed by atoms with Crippen molar-refractivity contribution in [3.63, 3.8) is 0 Å². The minimum atomic E-state index is -0.774. The van der Waals surface area contributed by atoms with Crippen LogP contribution < -0.4 is 0 Å². The number of unbranched alkanes of at least 4 members (excludes halogenated alkanes) is 46. The Bertz CT molecular complexity index is 1180. The Balaban J connectivity index is 4.20. The van der Waals surface area contributed by atoms with Gasteiger partial charge >= 0.3 is 17.9 Å². The maximum atomic E-state index is 12.9.